The number of benzene rings is 1. The fraction of sp³-hybridized carbons (Fsp3) is 0. The first-order valence-corrected chi connectivity index (χ1v) is 4.77. The lowest BCUT2D eigenvalue weighted by Crippen LogP contribution is -2.32. The lowest BCUT2D eigenvalue weighted by molar-refractivity contribution is 0.426. The number of fused-ring (bicyclic) bond motifs is 1. The SMILES string of the molecule is Nc1cc2cc(O)sc2cc1B(O)O. The van der Waals surface area contributed by atoms with Crippen molar-refractivity contribution in [3.05, 3.63) is 18.2 Å². The van der Waals surface area contributed by atoms with Gasteiger partial charge in [-0.15, -0.1) is 0 Å². The van der Waals surface area contributed by atoms with Crippen molar-refractivity contribution in [1.29, 1.82) is 0 Å². The third-order valence-corrected chi connectivity index (χ3v) is 2.89. The van der Waals surface area contributed by atoms with Gasteiger partial charge in [0.2, 0.25) is 0 Å². The van der Waals surface area contributed by atoms with Crippen molar-refractivity contribution in [1.82, 2.24) is 0 Å². The molecule has 0 aliphatic rings. The molecule has 0 atom stereocenters. The topological polar surface area (TPSA) is 86.7 Å². The highest BCUT2D eigenvalue weighted by Crippen LogP contribution is 2.30. The van der Waals surface area contributed by atoms with Gasteiger partial charge in [-0.05, 0) is 23.6 Å². The van der Waals surface area contributed by atoms with Crippen LogP contribution in [0, 0.1) is 0 Å². The minimum Gasteiger partial charge on any atom is -0.499 e. The van der Waals surface area contributed by atoms with Crippen LogP contribution in [0.5, 0.6) is 5.06 Å². The van der Waals surface area contributed by atoms with E-state index in [9.17, 15) is 5.11 Å². The van der Waals surface area contributed by atoms with E-state index < -0.39 is 7.12 Å². The van der Waals surface area contributed by atoms with Gasteiger partial charge in [0.1, 0.15) is 0 Å². The third kappa shape index (κ3) is 1.43. The van der Waals surface area contributed by atoms with Crippen LogP contribution < -0.4 is 11.2 Å². The van der Waals surface area contributed by atoms with Crippen molar-refractivity contribution in [2.24, 2.45) is 0 Å². The molecule has 0 unspecified atom stereocenters. The largest absolute Gasteiger partial charge is 0.499 e. The summed E-state index contributed by atoms with van der Waals surface area (Å²) in [5.74, 6) is 0. The predicted molar refractivity (Wildman–Crippen MR) is 57.7 cm³/mol. The number of hydrogen-bond donors (Lipinski definition) is 4. The van der Waals surface area contributed by atoms with Gasteiger partial charge in [-0.25, -0.2) is 0 Å². The summed E-state index contributed by atoms with van der Waals surface area (Å²) in [5.41, 5.74) is 6.17. The normalized spacial score (nSPS) is 10.7. The fourth-order valence-corrected chi connectivity index (χ4v) is 2.16. The molecule has 2 rings (SSSR count). The average Bonchev–Trinajstić information content (AvgIpc) is 2.42. The summed E-state index contributed by atoms with van der Waals surface area (Å²) < 4.78 is 0.778. The fourth-order valence-electron chi connectivity index (χ4n) is 1.33. The Kier molecular flexibility index (Phi) is 2.11. The van der Waals surface area contributed by atoms with Crippen molar-refractivity contribution in [3.8, 4) is 5.06 Å². The van der Waals surface area contributed by atoms with E-state index in [4.69, 9.17) is 15.8 Å². The summed E-state index contributed by atoms with van der Waals surface area (Å²) in [4.78, 5) is 0. The van der Waals surface area contributed by atoms with Gasteiger partial charge >= 0.3 is 7.12 Å². The maximum atomic E-state index is 9.23. The number of anilines is 1. The Morgan fingerprint density at radius 3 is 2.57 bits per heavy atom. The molecule has 1 aromatic carbocycles. The maximum absolute atomic E-state index is 9.23. The number of nitrogen functional groups attached to an aromatic ring is 1. The molecular formula is C8H8BNO3S. The monoisotopic (exact) mass is 209 g/mol. The molecule has 0 aliphatic carbocycles. The first-order chi connectivity index (χ1) is 6.58. The third-order valence-electron chi connectivity index (χ3n) is 1.99. The minimum atomic E-state index is -1.58. The van der Waals surface area contributed by atoms with Gasteiger partial charge in [0, 0.05) is 15.9 Å². The number of hydrogen-bond acceptors (Lipinski definition) is 5. The molecule has 0 radical (unpaired) electrons. The first-order valence-electron chi connectivity index (χ1n) is 3.96. The Morgan fingerprint density at radius 1 is 1.21 bits per heavy atom. The Balaban J connectivity index is 2.70. The molecular weight excluding hydrogens is 201 g/mol. The van der Waals surface area contributed by atoms with Crippen LogP contribution in [0.15, 0.2) is 18.2 Å². The molecule has 4 nitrogen and oxygen atoms in total. The van der Waals surface area contributed by atoms with E-state index in [1.165, 1.54) is 11.3 Å². The summed E-state index contributed by atoms with van der Waals surface area (Å²) in [7, 11) is -1.58. The molecule has 5 N–H and O–H groups in total. The van der Waals surface area contributed by atoms with Crippen LogP contribution in [-0.2, 0) is 0 Å². The molecule has 14 heavy (non-hydrogen) atoms. The van der Waals surface area contributed by atoms with E-state index in [0.29, 0.717) is 5.69 Å². The van der Waals surface area contributed by atoms with Crippen LogP contribution in [0.3, 0.4) is 0 Å². The molecule has 0 spiro atoms. The van der Waals surface area contributed by atoms with Crippen molar-refractivity contribution in [2.45, 2.75) is 0 Å². The average molecular weight is 209 g/mol. The molecule has 1 aromatic heterocycles. The molecule has 0 amide bonds. The van der Waals surface area contributed by atoms with Crippen molar-refractivity contribution in [3.63, 3.8) is 0 Å². The van der Waals surface area contributed by atoms with Crippen molar-refractivity contribution >= 4 is 39.7 Å². The molecule has 0 aliphatic heterocycles. The van der Waals surface area contributed by atoms with E-state index in [2.05, 4.69) is 0 Å². The van der Waals surface area contributed by atoms with E-state index in [1.54, 1.807) is 18.2 Å². The second-order valence-electron chi connectivity index (χ2n) is 2.98. The van der Waals surface area contributed by atoms with Gasteiger partial charge in [-0.2, -0.15) is 0 Å². The molecule has 0 saturated carbocycles. The molecule has 0 fully saturated rings. The highest BCUT2D eigenvalue weighted by molar-refractivity contribution is 7.20. The van der Waals surface area contributed by atoms with Crippen LogP contribution in [0.25, 0.3) is 10.1 Å². The number of nitrogens with two attached hydrogens (primary N) is 1. The lowest BCUT2D eigenvalue weighted by atomic mass is 9.79. The van der Waals surface area contributed by atoms with E-state index >= 15 is 0 Å². The lowest BCUT2D eigenvalue weighted by Gasteiger charge is -2.03. The standard InChI is InChI=1S/C8H8BNO3S/c10-6-1-4-2-8(11)14-7(4)3-5(6)9(12)13/h1-3,11-13H,10H2. The van der Waals surface area contributed by atoms with Gasteiger partial charge < -0.3 is 20.9 Å². The molecule has 2 aromatic rings. The zero-order chi connectivity index (χ0) is 10.3. The van der Waals surface area contributed by atoms with Crippen LogP contribution in [0.1, 0.15) is 0 Å². The highest BCUT2D eigenvalue weighted by Gasteiger charge is 2.16. The Hall–Kier alpha value is -1.24. The summed E-state index contributed by atoms with van der Waals surface area (Å²) in [6.07, 6.45) is 0. The van der Waals surface area contributed by atoms with Gasteiger partial charge in [0.05, 0.1) is 0 Å². The number of thiophene rings is 1. The molecule has 0 saturated heterocycles. The van der Waals surface area contributed by atoms with E-state index in [1.807, 2.05) is 0 Å². The Morgan fingerprint density at radius 2 is 1.93 bits per heavy atom. The van der Waals surface area contributed by atoms with Gasteiger partial charge in [-0.1, -0.05) is 11.3 Å². The van der Waals surface area contributed by atoms with Gasteiger partial charge in [-0.3, -0.25) is 0 Å². The summed E-state index contributed by atoms with van der Waals surface area (Å²) in [5, 5.41) is 28.2. The first kappa shape index (κ1) is 9.33. The second-order valence-corrected chi connectivity index (χ2v) is 4.04. The van der Waals surface area contributed by atoms with Crippen molar-refractivity contribution in [2.75, 3.05) is 5.73 Å². The van der Waals surface area contributed by atoms with Gasteiger partial charge in [0.25, 0.3) is 0 Å². The zero-order valence-corrected chi connectivity index (χ0v) is 7.95. The van der Waals surface area contributed by atoms with Crippen LogP contribution >= 0.6 is 11.3 Å². The highest BCUT2D eigenvalue weighted by atomic mass is 32.1. The molecule has 72 valence electrons. The smallest absolute Gasteiger partial charge is 0.490 e. The summed E-state index contributed by atoms with van der Waals surface area (Å²) in [6, 6.07) is 4.77. The molecule has 1 heterocycles. The summed E-state index contributed by atoms with van der Waals surface area (Å²) in [6.45, 7) is 0. The van der Waals surface area contributed by atoms with E-state index in [-0.39, 0.29) is 10.5 Å². The number of aromatic hydroxyl groups is 1. The minimum absolute atomic E-state index is 0.184. The number of rotatable bonds is 1. The second kappa shape index (κ2) is 3.16. The van der Waals surface area contributed by atoms with Crippen LogP contribution in [-0.4, -0.2) is 22.3 Å². The summed E-state index contributed by atoms with van der Waals surface area (Å²) >= 11 is 1.17. The Labute approximate surface area is 84.4 Å². The zero-order valence-electron chi connectivity index (χ0n) is 7.14. The molecule has 0 bridgehead atoms. The van der Waals surface area contributed by atoms with Crippen LogP contribution in [0.2, 0.25) is 0 Å². The Bertz CT molecular complexity index is 483. The quantitative estimate of drug-likeness (QED) is 0.389. The predicted octanol–water partition coefficient (Wildman–Crippen LogP) is -0.131. The van der Waals surface area contributed by atoms with Crippen LogP contribution in [0.4, 0.5) is 5.69 Å². The maximum Gasteiger partial charge on any atom is 0.490 e. The van der Waals surface area contributed by atoms with E-state index in [0.717, 1.165) is 10.1 Å². The molecule has 6 heteroatoms. The van der Waals surface area contributed by atoms with Gasteiger partial charge in [0.15, 0.2) is 5.06 Å². The van der Waals surface area contributed by atoms with Crippen molar-refractivity contribution < 1.29 is 15.2 Å².